The Morgan fingerprint density at radius 2 is 1.21 bits per heavy atom. The molecular weight excluding hydrogens is 453 g/mol. The second kappa shape index (κ2) is 5.09. The number of carbonyl (C=O) groups excluding carboxylic acids is 2. The Bertz CT molecular complexity index is 378. The van der Waals surface area contributed by atoms with E-state index in [1.165, 1.54) is 0 Å². The van der Waals surface area contributed by atoms with Crippen molar-refractivity contribution in [2.24, 2.45) is 0 Å². The summed E-state index contributed by atoms with van der Waals surface area (Å²) in [6.07, 6.45) is 0. The lowest BCUT2D eigenvalue weighted by molar-refractivity contribution is 0.106. The molecule has 6 heteroatoms. The van der Waals surface area contributed by atoms with Crippen LogP contribution in [0.1, 0.15) is 20.7 Å². The lowest BCUT2D eigenvalue weighted by Gasteiger charge is -2.03. The van der Waals surface area contributed by atoms with Gasteiger partial charge < -0.3 is 0 Å². The zero-order valence-electron chi connectivity index (χ0n) is 6.48. The second-order valence-corrected chi connectivity index (χ2v) is 5.37. The van der Waals surface area contributed by atoms with Crippen molar-refractivity contribution in [3.8, 4) is 0 Å². The first-order valence-electron chi connectivity index (χ1n) is 3.32. The molecule has 0 aliphatic carbocycles. The molecule has 0 bridgehead atoms. The molecule has 0 spiro atoms. The summed E-state index contributed by atoms with van der Waals surface area (Å²) in [4.78, 5) is 21.9. The lowest BCUT2D eigenvalue weighted by atomic mass is 10.2. The Balaban J connectivity index is 3.38. The van der Waals surface area contributed by atoms with Crippen LogP contribution in [0.3, 0.4) is 0 Å². The topological polar surface area (TPSA) is 34.1 Å². The van der Waals surface area contributed by atoms with Crippen molar-refractivity contribution in [1.29, 1.82) is 0 Å². The summed E-state index contributed by atoms with van der Waals surface area (Å²) in [6, 6.07) is 3.10. The van der Waals surface area contributed by atoms with Crippen molar-refractivity contribution >= 4 is 78.9 Å². The Kier molecular flexibility index (Phi) is 4.60. The first kappa shape index (κ1) is 12.7. The molecule has 0 aromatic heterocycles. The Morgan fingerprint density at radius 1 is 0.929 bits per heavy atom. The SMILES string of the molecule is O=C(Cl)c1cc(I)c(C(=O)Cl)cc1I. The molecule has 0 saturated carbocycles. The molecule has 0 amide bonds. The van der Waals surface area contributed by atoms with Crippen LogP contribution in [0.2, 0.25) is 0 Å². The molecule has 0 aliphatic rings. The molecule has 1 aromatic carbocycles. The van der Waals surface area contributed by atoms with Crippen LogP contribution in [0.15, 0.2) is 12.1 Å². The van der Waals surface area contributed by atoms with E-state index in [0.29, 0.717) is 18.3 Å². The standard InChI is InChI=1S/C8H2Cl2I2O2/c9-7(13)3-1-5(11)4(8(10)14)2-6(3)12/h1-2H. The van der Waals surface area contributed by atoms with Crippen molar-refractivity contribution in [2.75, 3.05) is 0 Å². The van der Waals surface area contributed by atoms with E-state index in [0.717, 1.165) is 0 Å². The number of rotatable bonds is 2. The molecule has 0 aliphatic heterocycles. The van der Waals surface area contributed by atoms with Crippen molar-refractivity contribution in [1.82, 2.24) is 0 Å². The summed E-state index contributed by atoms with van der Waals surface area (Å²) < 4.78 is 1.24. The molecule has 2 nitrogen and oxygen atoms in total. The lowest BCUT2D eigenvalue weighted by Crippen LogP contribution is -2.00. The molecule has 0 atom stereocenters. The molecule has 74 valence electrons. The average Bonchev–Trinajstić information content (AvgIpc) is 2.07. The van der Waals surface area contributed by atoms with E-state index in [9.17, 15) is 9.59 Å². The highest BCUT2D eigenvalue weighted by molar-refractivity contribution is 14.1. The summed E-state index contributed by atoms with van der Waals surface area (Å²) in [5, 5.41) is -1.08. The largest absolute Gasteiger partial charge is 0.276 e. The Hall–Kier alpha value is 0.600. The van der Waals surface area contributed by atoms with Crippen LogP contribution in [-0.2, 0) is 0 Å². The normalized spacial score (nSPS) is 10.0. The van der Waals surface area contributed by atoms with Crippen LogP contribution in [0.5, 0.6) is 0 Å². The van der Waals surface area contributed by atoms with Gasteiger partial charge in [0.2, 0.25) is 0 Å². The van der Waals surface area contributed by atoms with Gasteiger partial charge >= 0.3 is 0 Å². The molecule has 0 radical (unpaired) electrons. The minimum atomic E-state index is -0.541. The summed E-state index contributed by atoms with van der Waals surface area (Å²) >= 11 is 14.6. The van der Waals surface area contributed by atoms with E-state index >= 15 is 0 Å². The predicted octanol–water partition coefficient (Wildman–Crippen LogP) is 3.65. The number of hydrogen-bond donors (Lipinski definition) is 0. The third kappa shape index (κ3) is 2.80. The maximum absolute atomic E-state index is 10.9. The molecule has 14 heavy (non-hydrogen) atoms. The maximum Gasteiger partial charge on any atom is 0.253 e. The molecular formula is C8H2Cl2I2O2. The molecule has 0 unspecified atom stereocenters. The van der Waals surface area contributed by atoms with Gasteiger partial charge in [0.05, 0.1) is 0 Å². The minimum absolute atomic E-state index is 0.387. The van der Waals surface area contributed by atoms with E-state index in [2.05, 4.69) is 0 Å². The van der Waals surface area contributed by atoms with Crippen LogP contribution in [0, 0.1) is 7.14 Å². The fraction of sp³-hybridized carbons (Fsp3) is 0. The predicted molar refractivity (Wildman–Crippen MR) is 72.2 cm³/mol. The molecule has 0 saturated heterocycles. The zero-order valence-corrected chi connectivity index (χ0v) is 12.3. The first-order valence-corrected chi connectivity index (χ1v) is 6.23. The molecule has 0 fully saturated rings. The van der Waals surface area contributed by atoms with Gasteiger partial charge in [-0.25, -0.2) is 0 Å². The summed E-state index contributed by atoms with van der Waals surface area (Å²) in [7, 11) is 0. The molecule has 1 rings (SSSR count). The van der Waals surface area contributed by atoms with Crippen molar-refractivity contribution in [3.63, 3.8) is 0 Å². The van der Waals surface area contributed by atoms with Crippen molar-refractivity contribution in [3.05, 3.63) is 30.4 Å². The third-order valence-corrected chi connectivity index (χ3v) is 3.67. The molecule has 0 N–H and O–H groups in total. The van der Waals surface area contributed by atoms with Crippen LogP contribution < -0.4 is 0 Å². The summed E-state index contributed by atoms with van der Waals surface area (Å²) in [5.41, 5.74) is 0.775. The number of carbonyl (C=O) groups is 2. The number of halogens is 4. The number of hydrogen-bond acceptors (Lipinski definition) is 2. The Labute approximate surface area is 118 Å². The fourth-order valence-corrected chi connectivity index (χ4v) is 2.90. The Morgan fingerprint density at radius 3 is 1.43 bits per heavy atom. The van der Waals surface area contributed by atoms with Crippen LogP contribution in [0.25, 0.3) is 0 Å². The van der Waals surface area contributed by atoms with Gasteiger partial charge in [0.1, 0.15) is 0 Å². The van der Waals surface area contributed by atoms with Crippen LogP contribution in [0.4, 0.5) is 0 Å². The van der Waals surface area contributed by atoms with Gasteiger partial charge in [-0.2, -0.15) is 0 Å². The minimum Gasteiger partial charge on any atom is -0.276 e. The maximum atomic E-state index is 10.9. The van der Waals surface area contributed by atoms with E-state index < -0.39 is 10.5 Å². The van der Waals surface area contributed by atoms with Crippen molar-refractivity contribution in [2.45, 2.75) is 0 Å². The highest BCUT2D eigenvalue weighted by atomic mass is 127. The van der Waals surface area contributed by atoms with E-state index in [1.807, 2.05) is 45.2 Å². The highest BCUT2D eigenvalue weighted by Crippen LogP contribution is 2.23. The highest BCUT2D eigenvalue weighted by Gasteiger charge is 2.14. The molecule has 1 aromatic rings. The van der Waals surface area contributed by atoms with E-state index in [4.69, 9.17) is 23.2 Å². The summed E-state index contributed by atoms with van der Waals surface area (Å²) in [6.45, 7) is 0. The van der Waals surface area contributed by atoms with Crippen LogP contribution >= 0.6 is 68.4 Å². The van der Waals surface area contributed by atoms with Gasteiger partial charge in [0.25, 0.3) is 10.5 Å². The van der Waals surface area contributed by atoms with Gasteiger partial charge in [-0.15, -0.1) is 0 Å². The quantitative estimate of drug-likeness (QED) is 0.505. The van der Waals surface area contributed by atoms with E-state index in [1.54, 1.807) is 12.1 Å². The zero-order chi connectivity index (χ0) is 10.9. The van der Waals surface area contributed by atoms with E-state index in [-0.39, 0.29) is 0 Å². The van der Waals surface area contributed by atoms with Gasteiger partial charge in [0.15, 0.2) is 0 Å². The van der Waals surface area contributed by atoms with Gasteiger partial charge in [0, 0.05) is 18.3 Å². The smallest absolute Gasteiger partial charge is 0.253 e. The fourth-order valence-electron chi connectivity index (χ4n) is 0.848. The van der Waals surface area contributed by atoms with Gasteiger partial charge in [-0.3, -0.25) is 9.59 Å². The number of benzene rings is 1. The van der Waals surface area contributed by atoms with Gasteiger partial charge in [-0.1, -0.05) is 0 Å². The average molecular weight is 455 g/mol. The monoisotopic (exact) mass is 454 g/mol. The van der Waals surface area contributed by atoms with Gasteiger partial charge in [-0.05, 0) is 80.5 Å². The van der Waals surface area contributed by atoms with Crippen LogP contribution in [-0.4, -0.2) is 10.5 Å². The van der Waals surface area contributed by atoms with Crippen molar-refractivity contribution < 1.29 is 9.59 Å². The second-order valence-electron chi connectivity index (χ2n) is 2.36. The third-order valence-electron chi connectivity index (χ3n) is 1.48. The summed E-state index contributed by atoms with van der Waals surface area (Å²) in [5.74, 6) is 0. The molecule has 0 heterocycles. The first-order chi connectivity index (χ1) is 6.43.